The van der Waals surface area contributed by atoms with Crippen LogP contribution in [0.1, 0.15) is 18.1 Å². The van der Waals surface area contributed by atoms with E-state index in [4.69, 9.17) is 4.52 Å². The van der Waals surface area contributed by atoms with Gasteiger partial charge in [-0.25, -0.2) is 4.39 Å². The molecule has 106 valence electrons. The molecule has 20 heavy (non-hydrogen) atoms. The second-order valence-corrected chi connectivity index (χ2v) is 5.77. The van der Waals surface area contributed by atoms with E-state index < -0.39 is 5.60 Å². The summed E-state index contributed by atoms with van der Waals surface area (Å²) in [5.41, 5.74) is -1.06. The van der Waals surface area contributed by atoms with Gasteiger partial charge in [0.15, 0.2) is 11.4 Å². The number of β-amino-alcohol motifs (C(OH)–C–C–N with tert-alkyl or cyclic N) is 1. The molecule has 1 aromatic heterocycles. The van der Waals surface area contributed by atoms with Gasteiger partial charge in [0.2, 0.25) is 0 Å². The molecule has 1 fully saturated rings. The average molecular weight is 295 g/mol. The maximum absolute atomic E-state index is 13.0. The van der Waals surface area contributed by atoms with Crippen molar-refractivity contribution in [2.45, 2.75) is 22.7 Å². The lowest BCUT2D eigenvalue weighted by Crippen LogP contribution is -2.28. The van der Waals surface area contributed by atoms with Gasteiger partial charge in [-0.2, -0.15) is 4.98 Å². The van der Waals surface area contributed by atoms with Gasteiger partial charge in [-0.3, -0.25) is 0 Å². The van der Waals surface area contributed by atoms with E-state index in [0.717, 1.165) is 11.4 Å². The summed E-state index contributed by atoms with van der Waals surface area (Å²) < 4.78 is 18.2. The second kappa shape index (κ2) is 5.51. The fourth-order valence-electron chi connectivity index (χ4n) is 2.07. The van der Waals surface area contributed by atoms with Crippen LogP contribution in [0.25, 0.3) is 0 Å². The van der Waals surface area contributed by atoms with Crippen LogP contribution in [0.5, 0.6) is 0 Å². The molecule has 1 unspecified atom stereocenters. The maximum Gasteiger partial charge on any atom is 0.260 e. The van der Waals surface area contributed by atoms with Crippen molar-refractivity contribution in [2.75, 3.05) is 13.1 Å². The predicted molar refractivity (Wildman–Crippen MR) is 71.6 cm³/mol. The van der Waals surface area contributed by atoms with Gasteiger partial charge >= 0.3 is 0 Å². The van der Waals surface area contributed by atoms with Gasteiger partial charge < -0.3 is 14.9 Å². The van der Waals surface area contributed by atoms with Crippen LogP contribution in [-0.4, -0.2) is 28.3 Å². The zero-order chi connectivity index (χ0) is 14.0. The maximum atomic E-state index is 13.0. The van der Waals surface area contributed by atoms with Gasteiger partial charge in [0.1, 0.15) is 5.82 Å². The Morgan fingerprint density at radius 3 is 3.15 bits per heavy atom. The number of halogens is 1. The first kappa shape index (κ1) is 13.5. The van der Waals surface area contributed by atoms with Crippen molar-refractivity contribution in [3.05, 3.63) is 41.8 Å². The largest absolute Gasteiger partial charge is 0.379 e. The predicted octanol–water partition coefficient (Wildman–Crippen LogP) is 1.68. The third-order valence-electron chi connectivity index (χ3n) is 3.16. The fourth-order valence-corrected chi connectivity index (χ4v) is 2.85. The van der Waals surface area contributed by atoms with E-state index in [9.17, 15) is 9.50 Å². The highest BCUT2D eigenvalue weighted by Crippen LogP contribution is 2.27. The number of aromatic nitrogens is 2. The monoisotopic (exact) mass is 295 g/mol. The summed E-state index contributed by atoms with van der Waals surface area (Å²) in [5, 5.41) is 17.2. The Morgan fingerprint density at radius 2 is 2.40 bits per heavy atom. The number of nitrogens with zero attached hydrogens (tertiary/aromatic N) is 2. The number of nitrogens with one attached hydrogen (secondary N) is 1. The van der Waals surface area contributed by atoms with E-state index in [0.29, 0.717) is 24.5 Å². The molecule has 7 heteroatoms. The number of thioether (sulfide) groups is 1. The Bertz CT molecular complexity index is 599. The van der Waals surface area contributed by atoms with Crippen molar-refractivity contribution in [1.29, 1.82) is 0 Å². The summed E-state index contributed by atoms with van der Waals surface area (Å²) in [4.78, 5) is 5.02. The molecule has 5 nitrogen and oxygen atoms in total. The lowest BCUT2D eigenvalue weighted by atomic mass is 10.0. The van der Waals surface area contributed by atoms with E-state index >= 15 is 0 Å². The van der Waals surface area contributed by atoms with Crippen molar-refractivity contribution in [3.63, 3.8) is 0 Å². The Morgan fingerprint density at radius 1 is 1.50 bits per heavy atom. The van der Waals surface area contributed by atoms with Crippen molar-refractivity contribution >= 4 is 11.8 Å². The zero-order valence-electron chi connectivity index (χ0n) is 10.7. The minimum absolute atomic E-state index is 0.248. The Hall–Kier alpha value is -1.44. The molecule has 0 aliphatic carbocycles. The molecular formula is C13H14FN3O2S. The van der Waals surface area contributed by atoms with Crippen LogP contribution in [0.4, 0.5) is 4.39 Å². The number of aliphatic hydroxyl groups is 1. The molecule has 1 aromatic carbocycles. The van der Waals surface area contributed by atoms with Crippen molar-refractivity contribution in [1.82, 2.24) is 15.5 Å². The molecule has 0 radical (unpaired) electrons. The van der Waals surface area contributed by atoms with Crippen LogP contribution < -0.4 is 5.32 Å². The molecule has 1 saturated heterocycles. The van der Waals surface area contributed by atoms with Crippen molar-refractivity contribution in [3.8, 4) is 0 Å². The van der Waals surface area contributed by atoms with Crippen LogP contribution in [0.2, 0.25) is 0 Å². The number of hydrogen-bond donors (Lipinski definition) is 2. The fraction of sp³-hybridized carbons (Fsp3) is 0.385. The lowest BCUT2D eigenvalue weighted by molar-refractivity contribution is 0.0243. The van der Waals surface area contributed by atoms with Gasteiger partial charge in [0, 0.05) is 11.4 Å². The van der Waals surface area contributed by atoms with Crippen LogP contribution in [-0.2, 0) is 11.4 Å². The van der Waals surface area contributed by atoms with Crippen LogP contribution in [0.15, 0.2) is 33.7 Å². The first-order valence-corrected chi connectivity index (χ1v) is 7.29. The first-order valence-electron chi connectivity index (χ1n) is 6.30. The molecule has 1 aliphatic heterocycles. The van der Waals surface area contributed by atoms with Crippen molar-refractivity contribution < 1.29 is 14.0 Å². The highest BCUT2D eigenvalue weighted by Gasteiger charge is 2.38. The molecule has 1 aliphatic rings. The van der Waals surface area contributed by atoms with E-state index in [1.165, 1.54) is 23.9 Å². The molecule has 1 atom stereocenters. The number of benzene rings is 1. The number of rotatable bonds is 4. The molecule has 2 heterocycles. The van der Waals surface area contributed by atoms with Crippen LogP contribution >= 0.6 is 11.8 Å². The highest BCUT2D eigenvalue weighted by molar-refractivity contribution is 7.98. The van der Waals surface area contributed by atoms with E-state index in [2.05, 4.69) is 15.5 Å². The van der Waals surface area contributed by atoms with E-state index in [1.807, 2.05) is 6.07 Å². The average Bonchev–Trinajstić information content (AvgIpc) is 3.06. The molecular weight excluding hydrogens is 281 g/mol. The third kappa shape index (κ3) is 2.84. The minimum atomic E-state index is -1.06. The molecule has 0 saturated carbocycles. The Balaban J connectivity index is 1.65. The molecule has 0 amide bonds. The second-order valence-electron chi connectivity index (χ2n) is 4.72. The van der Waals surface area contributed by atoms with Crippen molar-refractivity contribution in [2.24, 2.45) is 0 Å². The minimum Gasteiger partial charge on any atom is -0.379 e. The van der Waals surface area contributed by atoms with Gasteiger partial charge in [-0.1, -0.05) is 11.2 Å². The smallest absolute Gasteiger partial charge is 0.260 e. The standard InChI is InChI=1S/C13H14FN3O2S/c14-9-2-1-3-10(6-9)20-7-11-16-12(19-17-11)13(18)4-5-15-8-13/h1-3,6,15,18H,4-5,7-8H2. The summed E-state index contributed by atoms with van der Waals surface area (Å²) in [6.07, 6.45) is 0.561. The Kier molecular flexibility index (Phi) is 3.73. The van der Waals surface area contributed by atoms with Gasteiger partial charge in [0.05, 0.1) is 5.75 Å². The van der Waals surface area contributed by atoms with Crippen LogP contribution in [0.3, 0.4) is 0 Å². The third-order valence-corrected chi connectivity index (χ3v) is 4.15. The van der Waals surface area contributed by atoms with Gasteiger partial charge in [0.25, 0.3) is 5.89 Å². The molecule has 0 spiro atoms. The summed E-state index contributed by atoms with van der Waals surface area (Å²) in [6, 6.07) is 6.34. The Labute approximate surface area is 119 Å². The number of hydrogen-bond acceptors (Lipinski definition) is 6. The highest BCUT2D eigenvalue weighted by atomic mass is 32.2. The summed E-state index contributed by atoms with van der Waals surface area (Å²) in [6.45, 7) is 1.15. The first-order chi connectivity index (χ1) is 9.66. The summed E-state index contributed by atoms with van der Waals surface area (Å²) >= 11 is 1.42. The topological polar surface area (TPSA) is 71.2 Å². The van der Waals surface area contributed by atoms with E-state index in [1.54, 1.807) is 6.07 Å². The molecule has 3 rings (SSSR count). The lowest BCUT2D eigenvalue weighted by Gasteiger charge is -2.14. The SMILES string of the molecule is OC1(c2nc(CSc3cccc(F)c3)no2)CCNC1. The molecule has 2 aromatic rings. The molecule has 0 bridgehead atoms. The van der Waals surface area contributed by atoms with Gasteiger partial charge in [-0.05, 0) is 31.2 Å². The molecule has 2 N–H and O–H groups in total. The zero-order valence-corrected chi connectivity index (χ0v) is 11.5. The normalized spacial score (nSPS) is 22.3. The quantitative estimate of drug-likeness (QED) is 0.836. The van der Waals surface area contributed by atoms with E-state index in [-0.39, 0.29) is 11.7 Å². The van der Waals surface area contributed by atoms with Crippen LogP contribution in [0, 0.1) is 5.82 Å². The summed E-state index contributed by atoms with van der Waals surface area (Å²) in [7, 11) is 0. The summed E-state index contributed by atoms with van der Waals surface area (Å²) in [5.74, 6) is 0.943. The van der Waals surface area contributed by atoms with Gasteiger partial charge in [-0.15, -0.1) is 11.8 Å².